The number of imide groups is 1. The summed E-state index contributed by atoms with van der Waals surface area (Å²) in [4.78, 5) is 50.1. The molecule has 4 rings (SSSR count). The Hall–Kier alpha value is -3.10. The Morgan fingerprint density at radius 2 is 1.82 bits per heavy atom. The largest absolute Gasteiger partial charge is 0.344 e. The minimum Gasteiger partial charge on any atom is -0.322 e. The molecule has 2 aliphatic rings. The Kier molecular flexibility index (Phi) is 4.24. The van der Waals surface area contributed by atoms with Crippen molar-refractivity contribution in [2.24, 2.45) is 13.0 Å². The van der Waals surface area contributed by atoms with Crippen molar-refractivity contribution in [3.63, 3.8) is 0 Å². The molecule has 0 bridgehead atoms. The summed E-state index contributed by atoms with van der Waals surface area (Å²) in [7, 11) is 1.63. The predicted octanol–water partition coefficient (Wildman–Crippen LogP) is 0.872. The van der Waals surface area contributed by atoms with Gasteiger partial charge in [-0.25, -0.2) is 9.59 Å². The third-order valence-electron chi connectivity index (χ3n) is 5.88. The molecule has 1 aliphatic carbocycles. The molecular weight excluding hydrogens is 362 g/mol. The zero-order chi connectivity index (χ0) is 20.1. The van der Waals surface area contributed by atoms with Crippen molar-refractivity contribution in [3.05, 3.63) is 34.7 Å². The van der Waals surface area contributed by atoms with Crippen LogP contribution in [0.1, 0.15) is 32.6 Å². The van der Waals surface area contributed by atoms with Crippen LogP contribution in [0, 0.1) is 5.92 Å². The maximum Gasteiger partial charge on any atom is 0.344 e. The van der Waals surface area contributed by atoms with Gasteiger partial charge in [-0.1, -0.05) is 19.1 Å². The smallest absolute Gasteiger partial charge is 0.322 e. The Balaban J connectivity index is 1.52. The molecule has 2 N–H and O–H groups in total. The maximum absolute atomic E-state index is 12.8. The van der Waals surface area contributed by atoms with Gasteiger partial charge >= 0.3 is 11.7 Å². The topological polar surface area (TPSA) is 105 Å². The van der Waals surface area contributed by atoms with Crippen LogP contribution in [-0.2, 0) is 23.2 Å². The minimum atomic E-state index is -0.923. The van der Waals surface area contributed by atoms with Crippen LogP contribution in [0.5, 0.6) is 0 Å². The number of para-hydroxylation sites is 2. The van der Waals surface area contributed by atoms with Gasteiger partial charge in [-0.15, -0.1) is 0 Å². The van der Waals surface area contributed by atoms with Crippen molar-refractivity contribution in [2.75, 3.05) is 0 Å². The lowest BCUT2D eigenvalue weighted by Crippen LogP contribution is -2.52. The van der Waals surface area contributed by atoms with E-state index < -0.39 is 23.4 Å². The molecule has 28 heavy (non-hydrogen) atoms. The van der Waals surface area contributed by atoms with E-state index in [0.717, 1.165) is 17.9 Å². The number of benzene rings is 1. The first-order valence-corrected chi connectivity index (χ1v) is 9.43. The fourth-order valence-corrected chi connectivity index (χ4v) is 4.14. The molecule has 0 unspecified atom stereocenters. The van der Waals surface area contributed by atoms with Crippen molar-refractivity contribution >= 4 is 28.9 Å². The van der Waals surface area contributed by atoms with Gasteiger partial charge in [0.2, 0.25) is 0 Å². The summed E-state index contributed by atoms with van der Waals surface area (Å²) in [5.41, 5.74) is 2.42. The van der Waals surface area contributed by atoms with Crippen LogP contribution in [0.3, 0.4) is 0 Å². The molecule has 4 amide bonds. The van der Waals surface area contributed by atoms with E-state index in [1.54, 1.807) is 25.2 Å². The number of fused-ring (bicyclic) bond motifs is 1. The average Bonchev–Trinajstić information content (AvgIpc) is 3.05. The number of aryl methyl sites for hydroxylation is 1. The number of amides is 4. The van der Waals surface area contributed by atoms with Gasteiger partial charge in [0.1, 0.15) is 12.1 Å². The van der Waals surface area contributed by atoms with Crippen LogP contribution in [0.4, 0.5) is 4.79 Å². The molecule has 1 aliphatic heterocycles. The Morgan fingerprint density at radius 1 is 1.18 bits per heavy atom. The third-order valence-corrected chi connectivity index (χ3v) is 5.88. The van der Waals surface area contributed by atoms with Gasteiger partial charge in [-0.2, -0.15) is 5.01 Å². The monoisotopic (exact) mass is 385 g/mol. The Morgan fingerprint density at radius 3 is 2.50 bits per heavy atom. The van der Waals surface area contributed by atoms with E-state index in [1.165, 1.54) is 9.13 Å². The SMILES string of the molecule is CC1CCC2(CC1)NC(=O)N(NC(=O)Cn1c(=O)n(C)c3ccccc31)C2=O. The van der Waals surface area contributed by atoms with E-state index in [2.05, 4.69) is 17.7 Å². The van der Waals surface area contributed by atoms with Gasteiger partial charge in [0.25, 0.3) is 11.8 Å². The standard InChI is InChI=1S/C19H23N5O4/c1-12-7-9-19(10-8-12)16(26)24(17(27)20-19)21-15(25)11-23-14-6-4-3-5-13(14)22(2)18(23)28/h3-6,12H,7-11H2,1-2H3,(H,20,27)(H,21,25). The summed E-state index contributed by atoms with van der Waals surface area (Å²) in [5, 5.41) is 3.51. The maximum atomic E-state index is 12.8. The van der Waals surface area contributed by atoms with Gasteiger partial charge in [-0.3, -0.25) is 24.1 Å². The molecule has 1 spiro atoms. The number of nitrogens with zero attached hydrogens (tertiary/aromatic N) is 3. The van der Waals surface area contributed by atoms with E-state index in [9.17, 15) is 19.2 Å². The number of hydrazine groups is 1. The molecular formula is C19H23N5O4. The molecule has 0 radical (unpaired) electrons. The second-order valence-corrected chi connectivity index (χ2v) is 7.79. The quantitative estimate of drug-likeness (QED) is 0.765. The molecule has 1 aromatic heterocycles. The van der Waals surface area contributed by atoms with Crippen molar-refractivity contribution in [1.29, 1.82) is 0 Å². The molecule has 148 valence electrons. The number of urea groups is 1. The summed E-state index contributed by atoms with van der Waals surface area (Å²) in [5.74, 6) is -0.525. The second kappa shape index (κ2) is 6.50. The summed E-state index contributed by atoms with van der Waals surface area (Å²) < 4.78 is 2.77. The van der Waals surface area contributed by atoms with E-state index in [0.29, 0.717) is 29.8 Å². The lowest BCUT2D eigenvalue weighted by molar-refractivity contribution is -0.140. The van der Waals surface area contributed by atoms with Crippen molar-refractivity contribution in [1.82, 2.24) is 24.9 Å². The highest BCUT2D eigenvalue weighted by molar-refractivity contribution is 6.08. The number of hydrogen-bond donors (Lipinski definition) is 2. The van der Waals surface area contributed by atoms with Gasteiger partial charge in [-0.05, 0) is 43.7 Å². The van der Waals surface area contributed by atoms with Crippen LogP contribution in [0.15, 0.2) is 29.1 Å². The van der Waals surface area contributed by atoms with E-state index in [1.807, 2.05) is 6.07 Å². The Bertz CT molecular complexity index is 1030. The second-order valence-electron chi connectivity index (χ2n) is 7.79. The van der Waals surface area contributed by atoms with Crippen molar-refractivity contribution in [2.45, 2.75) is 44.7 Å². The summed E-state index contributed by atoms with van der Waals surface area (Å²) >= 11 is 0. The molecule has 2 heterocycles. The predicted molar refractivity (Wildman–Crippen MR) is 101 cm³/mol. The zero-order valence-corrected chi connectivity index (χ0v) is 15.9. The highest BCUT2D eigenvalue weighted by Crippen LogP contribution is 2.35. The van der Waals surface area contributed by atoms with Gasteiger partial charge < -0.3 is 5.32 Å². The number of rotatable bonds is 3. The minimum absolute atomic E-state index is 0.290. The number of hydrogen-bond acceptors (Lipinski definition) is 4. The molecule has 9 nitrogen and oxygen atoms in total. The fraction of sp³-hybridized carbons (Fsp3) is 0.474. The highest BCUT2D eigenvalue weighted by Gasteiger charge is 2.52. The van der Waals surface area contributed by atoms with Gasteiger partial charge in [0.15, 0.2) is 0 Å². The lowest BCUT2D eigenvalue weighted by Gasteiger charge is -2.33. The van der Waals surface area contributed by atoms with Gasteiger partial charge in [0.05, 0.1) is 11.0 Å². The first kappa shape index (κ1) is 18.3. The molecule has 0 atom stereocenters. The van der Waals surface area contributed by atoms with Crippen molar-refractivity contribution in [3.8, 4) is 0 Å². The Labute approximate surface area is 161 Å². The third kappa shape index (κ3) is 2.78. The lowest BCUT2D eigenvalue weighted by atomic mass is 9.77. The summed E-state index contributed by atoms with van der Waals surface area (Å²) in [6.45, 7) is 1.83. The first-order valence-electron chi connectivity index (χ1n) is 9.43. The summed E-state index contributed by atoms with van der Waals surface area (Å²) in [6.07, 6.45) is 2.82. The number of carbonyl (C=O) groups is 3. The molecule has 9 heteroatoms. The molecule has 2 fully saturated rings. The van der Waals surface area contributed by atoms with Crippen molar-refractivity contribution < 1.29 is 14.4 Å². The van der Waals surface area contributed by atoms with E-state index in [-0.39, 0.29) is 12.2 Å². The van der Waals surface area contributed by atoms with Crippen LogP contribution in [0.2, 0.25) is 0 Å². The molecule has 1 saturated heterocycles. The van der Waals surface area contributed by atoms with E-state index >= 15 is 0 Å². The molecule has 2 aromatic rings. The van der Waals surface area contributed by atoms with E-state index in [4.69, 9.17) is 0 Å². The first-order chi connectivity index (χ1) is 13.3. The van der Waals surface area contributed by atoms with Crippen LogP contribution in [-0.4, -0.2) is 37.5 Å². The average molecular weight is 385 g/mol. The van der Waals surface area contributed by atoms with Crippen LogP contribution >= 0.6 is 0 Å². The van der Waals surface area contributed by atoms with Crippen LogP contribution < -0.4 is 16.4 Å². The number of carbonyl (C=O) groups excluding carboxylic acids is 3. The number of aromatic nitrogens is 2. The fourth-order valence-electron chi connectivity index (χ4n) is 4.14. The molecule has 1 aromatic carbocycles. The van der Waals surface area contributed by atoms with Gasteiger partial charge in [0, 0.05) is 7.05 Å². The number of imidazole rings is 1. The molecule has 1 saturated carbocycles. The highest BCUT2D eigenvalue weighted by atomic mass is 16.2. The number of nitrogens with one attached hydrogen (secondary N) is 2. The van der Waals surface area contributed by atoms with Crippen LogP contribution in [0.25, 0.3) is 11.0 Å². The normalized spacial score (nSPS) is 24.8. The summed E-state index contributed by atoms with van der Waals surface area (Å²) in [6, 6.07) is 6.50. The zero-order valence-electron chi connectivity index (χ0n) is 15.9.